The van der Waals surface area contributed by atoms with Gasteiger partial charge in [0.2, 0.25) is 0 Å². The van der Waals surface area contributed by atoms with Gasteiger partial charge in [-0.25, -0.2) is 0 Å². The van der Waals surface area contributed by atoms with Crippen molar-refractivity contribution in [3.63, 3.8) is 0 Å². The second-order valence-electron chi connectivity index (χ2n) is 4.20. The summed E-state index contributed by atoms with van der Waals surface area (Å²) in [6.45, 7) is 5.12. The minimum absolute atomic E-state index is 0.506. The second kappa shape index (κ2) is 5.69. The van der Waals surface area contributed by atoms with E-state index in [1.165, 1.54) is 0 Å². The lowest BCUT2D eigenvalue weighted by Crippen LogP contribution is -2.03. The topological polar surface area (TPSA) is 47.3 Å². The van der Waals surface area contributed by atoms with Crippen LogP contribution in [0.5, 0.6) is 5.75 Å². The molecule has 1 N–H and O–H groups in total. The van der Waals surface area contributed by atoms with Crippen molar-refractivity contribution in [2.75, 3.05) is 7.05 Å². The predicted molar refractivity (Wildman–Crippen MR) is 69.5 cm³/mol. The van der Waals surface area contributed by atoms with Crippen LogP contribution in [0.15, 0.2) is 28.8 Å². The zero-order chi connectivity index (χ0) is 13.0. The average molecular weight is 246 g/mol. The number of furan rings is 1. The van der Waals surface area contributed by atoms with Crippen molar-refractivity contribution in [2.45, 2.75) is 27.0 Å². The molecule has 0 saturated heterocycles. The van der Waals surface area contributed by atoms with Gasteiger partial charge >= 0.3 is 0 Å². The minimum atomic E-state index is 0.506. The molecule has 2 heterocycles. The Bertz CT molecular complexity index is 520. The van der Waals surface area contributed by atoms with E-state index >= 15 is 0 Å². The number of aryl methyl sites for hydroxylation is 2. The van der Waals surface area contributed by atoms with Crippen LogP contribution in [-0.4, -0.2) is 12.0 Å². The predicted octanol–water partition coefficient (Wildman–Crippen LogP) is 2.59. The van der Waals surface area contributed by atoms with Gasteiger partial charge in [0.25, 0.3) is 0 Å². The van der Waals surface area contributed by atoms with Crippen LogP contribution in [0.2, 0.25) is 0 Å². The molecule has 0 unspecified atom stereocenters. The van der Waals surface area contributed by atoms with Crippen LogP contribution in [0.3, 0.4) is 0 Å². The molecule has 0 aliphatic rings. The van der Waals surface area contributed by atoms with Crippen molar-refractivity contribution in [1.82, 2.24) is 10.3 Å². The van der Waals surface area contributed by atoms with Crippen LogP contribution < -0.4 is 10.1 Å². The maximum atomic E-state index is 5.75. The summed E-state index contributed by atoms with van der Waals surface area (Å²) >= 11 is 0. The number of ether oxygens (including phenoxy) is 1. The first-order valence-corrected chi connectivity index (χ1v) is 5.98. The standard InChI is InChI=1S/C14H18N2O2/c1-10-14(5-4-6-16-10)17-9-12-7-13(8-15-3)18-11(12)2/h4-7,15H,8-9H2,1-3H3. The first-order chi connectivity index (χ1) is 8.70. The van der Waals surface area contributed by atoms with Crippen LogP contribution in [0.1, 0.15) is 22.8 Å². The van der Waals surface area contributed by atoms with E-state index in [0.717, 1.165) is 35.1 Å². The third-order valence-electron chi connectivity index (χ3n) is 2.76. The van der Waals surface area contributed by atoms with Crippen LogP contribution in [0, 0.1) is 13.8 Å². The highest BCUT2D eigenvalue weighted by molar-refractivity contribution is 5.27. The fraction of sp³-hybridized carbons (Fsp3) is 0.357. The molecular weight excluding hydrogens is 228 g/mol. The van der Waals surface area contributed by atoms with E-state index in [0.29, 0.717) is 6.61 Å². The molecule has 0 fully saturated rings. The van der Waals surface area contributed by atoms with E-state index in [1.54, 1.807) is 6.20 Å². The Labute approximate surface area is 107 Å². The zero-order valence-electron chi connectivity index (χ0n) is 11.0. The van der Waals surface area contributed by atoms with Gasteiger partial charge in [0.05, 0.1) is 12.2 Å². The summed E-state index contributed by atoms with van der Waals surface area (Å²) in [7, 11) is 1.90. The van der Waals surface area contributed by atoms with Gasteiger partial charge in [0.1, 0.15) is 23.9 Å². The Balaban J connectivity index is 2.04. The molecule has 2 rings (SSSR count). The molecule has 96 valence electrons. The summed E-state index contributed by atoms with van der Waals surface area (Å²) in [5.41, 5.74) is 1.97. The summed E-state index contributed by atoms with van der Waals surface area (Å²) in [6, 6.07) is 5.82. The van der Waals surface area contributed by atoms with E-state index in [1.807, 2.05) is 39.1 Å². The summed E-state index contributed by atoms with van der Waals surface area (Å²) in [5.74, 6) is 2.64. The maximum Gasteiger partial charge on any atom is 0.141 e. The van der Waals surface area contributed by atoms with Crippen molar-refractivity contribution < 1.29 is 9.15 Å². The van der Waals surface area contributed by atoms with Crippen LogP contribution in [0.25, 0.3) is 0 Å². The maximum absolute atomic E-state index is 5.75. The van der Waals surface area contributed by atoms with Crippen molar-refractivity contribution in [2.24, 2.45) is 0 Å². The van der Waals surface area contributed by atoms with Gasteiger partial charge < -0.3 is 14.5 Å². The third-order valence-corrected chi connectivity index (χ3v) is 2.76. The van der Waals surface area contributed by atoms with Crippen molar-refractivity contribution >= 4 is 0 Å². The molecule has 0 aromatic carbocycles. The number of hydrogen-bond acceptors (Lipinski definition) is 4. The molecule has 4 heteroatoms. The van der Waals surface area contributed by atoms with E-state index in [2.05, 4.69) is 10.3 Å². The molecule has 0 aliphatic heterocycles. The normalized spacial score (nSPS) is 10.6. The molecule has 0 atom stereocenters. The van der Waals surface area contributed by atoms with Gasteiger partial charge in [-0.2, -0.15) is 0 Å². The lowest BCUT2D eigenvalue weighted by Gasteiger charge is -2.06. The number of nitrogens with one attached hydrogen (secondary N) is 1. The van der Waals surface area contributed by atoms with E-state index < -0.39 is 0 Å². The molecular formula is C14H18N2O2. The molecule has 18 heavy (non-hydrogen) atoms. The summed E-state index contributed by atoms with van der Waals surface area (Å²) in [4.78, 5) is 4.19. The van der Waals surface area contributed by atoms with E-state index in [4.69, 9.17) is 9.15 Å². The third kappa shape index (κ3) is 2.90. The fourth-order valence-corrected chi connectivity index (χ4v) is 1.77. The van der Waals surface area contributed by atoms with Gasteiger partial charge in [-0.3, -0.25) is 4.98 Å². The van der Waals surface area contributed by atoms with E-state index in [-0.39, 0.29) is 0 Å². The number of pyridine rings is 1. The highest BCUT2D eigenvalue weighted by Gasteiger charge is 2.08. The number of rotatable bonds is 5. The number of hydrogen-bond donors (Lipinski definition) is 1. The Morgan fingerprint density at radius 1 is 1.39 bits per heavy atom. The fourth-order valence-electron chi connectivity index (χ4n) is 1.77. The van der Waals surface area contributed by atoms with Gasteiger partial charge in [-0.1, -0.05) is 0 Å². The van der Waals surface area contributed by atoms with E-state index in [9.17, 15) is 0 Å². The molecule has 4 nitrogen and oxygen atoms in total. The molecule has 0 bridgehead atoms. The minimum Gasteiger partial charge on any atom is -0.487 e. The van der Waals surface area contributed by atoms with Crippen LogP contribution in [0.4, 0.5) is 0 Å². The van der Waals surface area contributed by atoms with Crippen molar-refractivity contribution in [1.29, 1.82) is 0 Å². The molecule has 0 aliphatic carbocycles. The Morgan fingerprint density at radius 2 is 2.22 bits per heavy atom. The number of aromatic nitrogens is 1. The molecule has 0 spiro atoms. The highest BCUT2D eigenvalue weighted by atomic mass is 16.5. The molecule has 2 aromatic rings. The summed E-state index contributed by atoms with van der Waals surface area (Å²) in [5, 5.41) is 3.06. The van der Waals surface area contributed by atoms with Crippen molar-refractivity contribution in [3.8, 4) is 5.75 Å². The lowest BCUT2D eigenvalue weighted by molar-refractivity contribution is 0.299. The smallest absolute Gasteiger partial charge is 0.141 e. The Hall–Kier alpha value is -1.81. The SMILES string of the molecule is CNCc1cc(COc2cccnc2C)c(C)o1. The monoisotopic (exact) mass is 246 g/mol. The van der Waals surface area contributed by atoms with Gasteiger partial charge in [-0.05, 0) is 39.1 Å². The highest BCUT2D eigenvalue weighted by Crippen LogP contribution is 2.19. The lowest BCUT2D eigenvalue weighted by atomic mass is 10.2. The Morgan fingerprint density at radius 3 is 2.94 bits per heavy atom. The molecule has 0 radical (unpaired) electrons. The number of nitrogens with zero attached hydrogens (tertiary/aromatic N) is 1. The molecule has 0 amide bonds. The Kier molecular flexibility index (Phi) is 3.99. The van der Waals surface area contributed by atoms with Gasteiger partial charge in [0, 0.05) is 11.8 Å². The van der Waals surface area contributed by atoms with Crippen molar-refractivity contribution in [3.05, 3.63) is 47.2 Å². The molecule has 0 saturated carbocycles. The van der Waals surface area contributed by atoms with Crippen LogP contribution in [-0.2, 0) is 13.2 Å². The average Bonchev–Trinajstić information content (AvgIpc) is 2.69. The second-order valence-corrected chi connectivity index (χ2v) is 4.20. The van der Waals surface area contributed by atoms with Gasteiger partial charge in [0.15, 0.2) is 0 Å². The zero-order valence-corrected chi connectivity index (χ0v) is 11.0. The summed E-state index contributed by atoms with van der Waals surface area (Å²) < 4.78 is 11.4. The first kappa shape index (κ1) is 12.6. The molecule has 2 aromatic heterocycles. The van der Waals surface area contributed by atoms with Crippen LogP contribution >= 0.6 is 0 Å². The largest absolute Gasteiger partial charge is 0.487 e. The van der Waals surface area contributed by atoms with Gasteiger partial charge in [-0.15, -0.1) is 0 Å². The quantitative estimate of drug-likeness (QED) is 0.881. The summed E-state index contributed by atoms with van der Waals surface area (Å²) in [6.07, 6.45) is 1.76. The first-order valence-electron chi connectivity index (χ1n) is 5.98.